The van der Waals surface area contributed by atoms with Gasteiger partial charge in [-0.1, -0.05) is 6.07 Å². The molecule has 3 amide bonds. The predicted molar refractivity (Wildman–Crippen MR) is 69.7 cm³/mol. The predicted octanol–water partition coefficient (Wildman–Crippen LogP) is 1.67. The van der Waals surface area contributed by atoms with Gasteiger partial charge in [0.2, 0.25) is 0 Å². The SMILES string of the molecule is CNC(=O)c1cccc(NC(=O)N2CCCC2)c1. The molecule has 0 aliphatic carbocycles. The number of benzene rings is 1. The van der Waals surface area contributed by atoms with Crippen LogP contribution >= 0.6 is 0 Å². The number of likely N-dealkylation sites (tertiary alicyclic amines) is 1. The molecular weight excluding hydrogens is 230 g/mol. The van der Waals surface area contributed by atoms with E-state index < -0.39 is 0 Å². The molecular formula is C13H17N3O2. The highest BCUT2D eigenvalue weighted by molar-refractivity contribution is 5.96. The first-order chi connectivity index (χ1) is 8.70. The van der Waals surface area contributed by atoms with Crippen LogP contribution in [0.2, 0.25) is 0 Å². The van der Waals surface area contributed by atoms with Crippen molar-refractivity contribution in [2.45, 2.75) is 12.8 Å². The highest BCUT2D eigenvalue weighted by Gasteiger charge is 2.17. The summed E-state index contributed by atoms with van der Waals surface area (Å²) in [6.07, 6.45) is 2.12. The van der Waals surface area contributed by atoms with E-state index in [1.54, 1.807) is 36.2 Å². The van der Waals surface area contributed by atoms with E-state index in [1.165, 1.54) is 0 Å². The summed E-state index contributed by atoms with van der Waals surface area (Å²) in [6.45, 7) is 1.61. The molecule has 2 N–H and O–H groups in total. The van der Waals surface area contributed by atoms with Gasteiger partial charge >= 0.3 is 6.03 Å². The molecule has 0 spiro atoms. The van der Waals surface area contributed by atoms with Gasteiger partial charge in [-0.15, -0.1) is 0 Å². The lowest BCUT2D eigenvalue weighted by Gasteiger charge is -2.16. The topological polar surface area (TPSA) is 61.4 Å². The third-order valence-corrected chi connectivity index (χ3v) is 3.00. The van der Waals surface area contributed by atoms with Crippen LogP contribution in [0.4, 0.5) is 10.5 Å². The van der Waals surface area contributed by atoms with Crippen LogP contribution in [0.3, 0.4) is 0 Å². The lowest BCUT2D eigenvalue weighted by atomic mass is 10.2. The Morgan fingerprint density at radius 2 is 1.94 bits per heavy atom. The number of carbonyl (C=O) groups is 2. The lowest BCUT2D eigenvalue weighted by molar-refractivity contribution is 0.0963. The molecule has 96 valence electrons. The smallest absolute Gasteiger partial charge is 0.321 e. The van der Waals surface area contributed by atoms with E-state index in [0.717, 1.165) is 25.9 Å². The van der Waals surface area contributed by atoms with Crippen LogP contribution in [-0.4, -0.2) is 37.0 Å². The van der Waals surface area contributed by atoms with E-state index in [0.29, 0.717) is 11.3 Å². The molecule has 5 nitrogen and oxygen atoms in total. The average Bonchev–Trinajstić information content (AvgIpc) is 2.92. The molecule has 1 aromatic rings. The molecule has 18 heavy (non-hydrogen) atoms. The number of urea groups is 1. The van der Waals surface area contributed by atoms with Gasteiger partial charge in [-0.2, -0.15) is 0 Å². The quantitative estimate of drug-likeness (QED) is 0.835. The molecule has 0 saturated carbocycles. The Hall–Kier alpha value is -2.04. The summed E-state index contributed by atoms with van der Waals surface area (Å²) in [5.74, 6) is -0.160. The van der Waals surface area contributed by atoms with Gasteiger partial charge < -0.3 is 15.5 Å². The maximum absolute atomic E-state index is 11.9. The van der Waals surface area contributed by atoms with Crippen LogP contribution in [-0.2, 0) is 0 Å². The minimum Gasteiger partial charge on any atom is -0.355 e. The van der Waals surface area contributed by atoms with Crippen LogP contribution in [0.15, 0.2) is 24.3 Å². The van der Waals surface area contributed by atoms with Crippen LogP contribution in [0, 0.1) is 0 Å². The Morgan fingerprint density at radius 1 is 1.22 bits per heavy atom. The Kier molecular flexibility index (Phi) is 3.82. The van der Waals surface area contributed by atoms with Gasteiger partial charge in [0, 0.05) is 31.4 Å². The fourth-order valence-corrected chi connectivity index (χ4v) is 2.01. The summed E-state index contributed by atoms with van der Waals surface area (Å²) in [4.78, 5) is 25.1. The standard InChI is InChI=1S/C13H17N3O2/c1-14-12(17)10-5-4-6-11(9-10)15-13(18)16-7-2-3-8-16/h4-6,9H,2-3,7-8H2,1H3,(H,14,17)(H,15,18). The van der Waals surface area contributed by atoms with Crippen molar-refractivity contribution in [3.8, 4) is 0 Å². The Balaban J connectivity index is 2.04. The third kappa shape index (κ3) is 2.80. The van der Waals surface area contributed by atoms with Crippen molar-refractivity contribution in [3.05, 3.63) is 29.8 Å². The molecule has 1 heterocycles. The van der Waals surface area contributed by atoms with Crippen molar-refractivity contribution in [1.29, 1.82) is 0 Å². The van der Waals surface area contributed by atoms with Gasteiger partial charge in [0.15, 0.2) is 0 Å². The van der Waals surface area contributed by atoms with Crippen molar-refractivity contribution < 1.29 is 9.59 Å². The van der Waals surface area contributed by atoms with Crippen molar-refractivity contribution in [3.63, 3.8) is 0 Å². The van der Waals surface area contributed by atoms with Crippen molar-refractivity contribution >= 4 is 17.6 Å². The van der Waals surface area contributed by atoms with Crippen LogP contribution in [0.25, 0.3) is 0 Å². The van der Waals surface area contributed by atoms with Crippen molar-refractivity contribution in [2.75, 3.05) is 25.5 Å². The molecule has 0 radical (unpaired) electrons. The number of hydrogen-bond donors (Lipinski definition) is 2. The summed E-state index contributed by atoms with van der Waals surface area (Å²) >= 11 is 0. The zero-order valence-corrected chi connectivity index (χ0v) is 10.4. The second kappa shape index (κ2) is 5.53. The van der Waals surface area contributed by atoms with Gasteiger partial charge in [-0.3, -0.25) is 4.79 Å². The van der Waals surface area contributed by atoms with Gasteiger partial charge in [0.1, 0.15) is 0 Å². The Morgan fingerprint density at radius 3 is 2.61 bits per heavy atom. The monoisotopic (exact) mass is 247 g/mol. The lowest BCUT2D eigenvalue weighted by Crippen LogP contribution is -2.32. The number of amides is 3. The molecule has 0 bridgehead atoms. The summed E-state index contributed by atoms with van der Waals surface area (Å²) < 4.78 is 0. The van der Waals surface area contributed by atoms with Crippen molar-refractivity contribution in [1.82, 2.24) is 10.2 Å². The van der Waals surface area contributed by atoms with Gasteiger partial charge in [0.25, 0.3) is 5.91 Å². The maximum atomic E-state index is 11.9. The number of carbonyl (C=O) groups excluding carboxylic acids is 2. The molecule has 0 atom stereocenters. The second-order valence-corrected chi connectivity index (χ2v) is 4.28. The van der Waals surface area contributed by atoms with Crippen LogP contribution < -0.4 is 10.6 Å². The minimum absolute atomic E-state index is 0.0958. The number of hydrogen-bond acceptors (Lipinski definition) is 2. The number of anilines is 1. The molecule has 1 aliphatic rings. The third-order valence-electron chi connectivity index (χ3n) is 3.00. The first-order valence-electron chi connectivity index (χ1n) is 6.09. The first kappa shape index (κ1) is 12.4. The van der Waals surface area contributed by atoms with E-state index in [1.807, 2.05) is 0 Å². The highest BCUT2D eigenvalue weighted by atomic mass is 16.2. The number of nitrogens with one attached hydrogen (secondary N) is 2. The fourth-order valence-electron chi connectivity index (χ4n) is 2.01. The second-order valence-electron chi connectivity index (χ2n) is 4.28. The summed E-state index contributed by atoms with van der Waals surface area (Å²) in [5, 5.41) is 5.37. The van der Waals surface area contributed by atoms with Crippen LogP contribution in [0.5, 0.6) is 0 Å². The molecule has 0 unspecified atom stereocenters. The number of nitrogens with zero attached hydrogens (tertiary/aromatic N) is 1. The molecule has 1 saturated heterocycles. The van der Waals surface area contributed by atoms with E-state index in [9.17, 15) is 9.59 Å². The number of rotatable bonds is 2. The summed E-state index contributed by atoms with van der Waals surface area (Å²) in [7, 11) is 1.58. The average molecular weight is 247 g/mol. The van der Waals surface area contributed by atoms with Crippen LogP contribution in [0.1, 0.15) is 23.2 Å². The molecule has 1 aromatic carbocycles. The van der Waals surface area contributed by atoms with Gasteiger partial charge in [0.05, 0.1) is 0 Å². The fraction of sp³-hybridized carbons (Fsp3) is 0.385. The zero-order valence-electron chi connectivity index (χ0n) is 10.4. The normalized spacial score (nSPS) is 14.4. The molecule has 2 rings (SSSR count). The Bertz CT molecular complexity index is 453. The molecule has 5 heteroatoms. The zero-order chi connectivity index (χ0) is 13.0. The first-order valence-corrected chi connectivity index (χ1v) is 6.09. The van der Waals surface area contributed by atoms with Gasteiger partial charge in [-0.25, -0.2) is 4.79 Å². The van der Waals surface area contributed by atoms with E-state index in [-0.39, 0.29) is 11.9 Å². The molecule has 0 aromatic heterocycles. The van der Waals surface area contributed by atoms with E-state index in [4.69, 9.17) is 0 Å². The van der Waals surface area contributed by atoms with E-state index >= 15 is 0 Å². The van der Waals surface area contributed by atoms with Crippen molar-refractivity contribution in [2.24, 2.45) is 0 Å². The summed E-state index contributed by atoms with van der Waals surface area (Å²) in [5.41, 5.74) is 1.18. The maximum Gasteiger partial charge on any atom is 0.321 e. The molecule has 1 fully saturated rings. The largest absolute Gasteiger partial charge is 0.355 e. The van der Waals surface area contributed by atoms with Gasteiger partial charge in [-0.05, 0) is 31.0 Å². The minimum atomic E-state index is -0.160. The Labute approximate surface area is 106 Å². The van der Waals surface area contributed by atoms with E-state index in [2.05, 4.69) is 10.6 Å². The summed E-state index contributed by atoms with van der Waals surface area (Å²) in [6, 6.07) is 6.82. The highest BCUT2D eigenvalue weighted by Crippen LogP contribution is 2.14. The molecule has 1 aliphatic heterocycles.